The lowest BCUT2D eigenvalue weighted by molar-refractivity contribution is -0.136. The van der Waals surface area contributed by atoms with Crippen molar-refractivity contribution in [3.05, 3.63) is 33.7 Å². The molecule has 0 spiro atoms. The number of halogens is 2. The summed E-state index contributed by atoms with van der Waals surface area (Å²) in [6, 6.07) is 3.62. The predicted octanol–water partition coefficient (Wildman–Crippen LogP) is 2.61. The number of ether oxygens (including phenoxy) is 1. The van der Waals surface area contributed by atoms with Crippen LogP contribution in [0, 0.1) is 5.82 Å². The van der Waals surface area contributed by atoms with E-state index >= 15 is 0 Å². The van der Waals surface area contributed by atoms with Crippen molar-refractivity contribution in [2.45, 2.75) is 13.0 Å². The van der Waals surface area contributed by atoms with E-state index in [-0.39, 0.29) is 18.3 Å². The topological polar surface area (TPSA) is 34.5 Å². The van der Waals surface area contributed by atoms with Crippen LogP contribution in [0.1, 0.15) is 11.3 Å². The first-order valence-corrected chi connectivity index (χ1v) is 7.54. The van der Waals surface area contributed by atoms with Gasteiger partial charge in [-0.05, 0) is 22.0 Å². The minimum absolute atomic E-state index is 0.0299. The molecule has 4 nitrogen and oxygen atoms in total. The maximum atomic E-state index is 14.4. The maximum Gasteiger partial charge on any atom is 0.248 e. The molecule has 2 aromatic rings. The van der Waals surface area contributed by atoms with E-state index < -0.39 is 0 Å². The van der Waals surface area contributed by atoms with Gasteiger partial charge in [-0.2, -0.15) is 0 Å². The number of aromatic nitrogens is 1. The van der Waals surface area contributed by atoms with Gasteiger partial charge in [0.05, 0.1) is 9.99 Å². The highest BCUT2D eigenvalue weighted by molar-refractivity contribution is 9.10. The molecule has 0 saturated heterocycles. The van der Waals surface area contributed by atoms with Crippen molar-refractivity contribution >= 4 is 32.7 Å². The third-order valence-electron chi connectivity index (χ3n) is 4.07. The Morgan fingerprint density at radius 3 is 2.95 bits per heavy atom. The number of carbonyl (C=O) groups excluding carboxylic acids is 1. The Morgan fingerprint density at radius 2 is 2.24 bits per heavy atom. The maximum absolute atomic E-state index is 14.4. The van der Waals surface area contributed by atoms with Crippen LogP contribution in [0.25, 0.3) is 10.9 Å². The highest BCUT2D eigenvalue weighted by Gasteiger charge is 2.27. The summed E-state index contributed by atoms with van der Waals surface area (Å²) in [7, 11) is 3.39. The van der Waals surface area contributed by atoms with Crippen molar-refractivity contribution in [3.8, 4) is 0 Å². The van der Waals surface area contributed by atoms with Gasteiger partial charge in [0.1, 0.15) is 6.61 Å². The normalized spacial score (nSPS) is 14.6. The second kappa shape index (κ2) is 5.42. The SMILES string of the molecule is COCC(=O)N1CCc2c(c3ccc(Br)c(F)c3n2C)C1. The van der Waals surface area contributed by atoms with E-state index in [2.05, 4.69) is 15.9 Å². The molecule has 0 fully saturated rings. The quantitative estimate of drug-likeness (QED) is 0.830. The van der Waals surface area contributed by atoms with E-state index in [1.165, 1.54) is 7.11 Å². The lowest BCUT2D eigenvalue weighted by Gasteiger charge is -2.27. The van der Waals surface area contributed by atoms with Crippen LogP contribution in [0.5, 0.6) is 0 Å². The van der Waals surface area contributed by atoms with Gasteiger partial charge in [-0.1, -0.05) is 6.07 Å². The van der Waals surface area contributed by atoms with Gasteiger partial charge in [-0.25, -0.2) is 4.39 Å². The van der Waals surface area contributed by atoms with E-state index in [0.29, 0.717) is 23.1 Å². The van der Waals surface area contributed by atoms with Gasteiger partial charge >= 0.3 is 0 Å². The molecule has 1 aromatic heterocycles. The number of rotatable bonds is 2. The molecular weight excluding hydrogens is 339 g/mol. The van der Waals surface area contributed by atoms with Crippen molar-refractivity contribution in [2.75, 3.05) is 20.3 Å². The molecule has 6 heteroatoms. The molecule has 0 N–H and O–H groups in total. The second-order valence-electron chi connectivity index (χ2n) is 5.24. The molecule has 1 aliphatic heterocycles. The van der Waals surface area contributed by atoms with Gasteiger partial charge in [0, 0.05) is 50.3 Å². The summed E-state index contributed by atoms with van der Waals surface area (Å²) in [6.45, 7) is 1.23. The summed E-state index contributed by atoms with van der Waals surface area (Å²) in [4.78, 5) is 13.8. The first kappa shape index (κ1) is 14.5. The Hall–Kier alpha value is -1.40. The fraction of sp³-hybridized carbons (Fsp3) is 0.400. The predicted molar refractivity (Wildman–Crippen MR) is 81.6 cm³/mol. The summed E-state index contributed by atoms with van der Waals surface area (Å²) in [5.41, 5.74) is 2.73. The van der Waals surface area contributed by atoms with Crippen LogP contribution in [0.2, 0.25) is 0 Å². The summed E-state index contributed by atoms with van der Waals surface area (Å²) < 4.78 is 21.6. The molecule has 1 aliphatic rings. The van der Waals surface area contributed by atoms with E-state index in [0.717, 1.165) is 23.1 Å². The van der Waals surface area contributed by atoms with Crippen molar-refractivity contribution in [2.24, 2.45) is 7.05 Å². The lowest BCUT2D eigenvalue weighted by atomic mass is 10.0. The largest absolute Gasteiger partial charge is 0.375 e. The Bertz CT molecular complexity index is 726. The number of fused-ring (bicyclic) bond motifs is 3. The van der Waals surface area contributed by atoms with Gasteiger partial charge in [0.25, 0.3) is 0 Å². The standard InChI is InChI=1S/C15H16BrFN2O2/c1-18-12-5-6-19(13(20)8-21-2)7-10(12)9-3-4-11(16)14(17)15(9)18/h3-4H,5-8H2,1-2H3. The number of benzene rings is 1. The molecule has 1 aromatic carbocycles. The third-order valence-corrected chi connectivity index (χ3v) is 4.68. The van der Waals surface area contributed by atoms with Crippen LogP contribution >= 0.6 is 15.9 Å². The minimum Gasteiger partial charge on any atom is -0.375 e. The lowest BCUT2D eigenvalue weighted by Crippen LogP contribution is -2.38. The first-order valence-electron chi connectivity index (χ1n) is 6.75. The Kier molecular flexibility index (Phi) is 3.75. The Balaban J connectivity index is 2.08. The monoisotopic (exact) mass is 354 g/mol. The van der Waals surface area contributed by atoms with Gasteiger partial charge in [0.2, 0.25) is 5.91 Å². The zero-order valence-electron chi connectivity index (χ0n) is 11.9. The van der Waals surface area contributed by atoms with Gasteiger partial charge in [0.15, 0.2) is 5.82 Å². The van der Waals surface area contributed by atoms with Crippen LogP contribution in [-0.4, -0.2) is 35.6 Å². The molecule has 0 atom stereocenters. The number of carbonyl (C=O) groups is 1. The zero-order valence-corrected chi connectivity index (χ0v) is 13.5. The molecule has 0 aliphatic carbocycles. The van der Waals surface area contributed by atoms with Crippen molar-refractivity contribution < 1.29 is 13.9 Å². The van der Waals surface area contributed by atoms with Crippen LogP contribution in [0.3, 0.4) is 0 Å². The average Bonchev–Trinajstić information content (AvgIpc) is 2.76. The fourth-order valence-electron chi connectivity index (χ4n) is 3.04. The summed E-state index contributed by atoms with van der Waals surface area (Å²) >= 11 is 3.23. The van der Waals surface area contributed by atoms with Gasteiger partial charge < -0.3 is 14.2 Å². The van der Waals surface area contributed by atoms with E-state index in [1.807, 2.05) is 17.7 Å². The third kappa shape index (κ3) is 2.26. The molecular formula is C15H16BrFN2O2. The number of aryl methyl sites for hydroxylation is 1. The Morgan fingerprint density at radius 1 is 1.48 bits per heavy atom. The fourth-order valence-corrected chi connectivity index (χ4v) is 3.36. The van der Waals surface area contributed by atoms with Crippen LogP contribution < -0.4 is 0 Å². The van der Waals surface area contributed by atoms with E-state index in [4.69, 9.17) is 4.74 Å². The second-order valence-corrected chi connectivity index (χ2v) is 6.09. The number of methoxy groups -OCH3 is 1. The number of nitrogens with zero attached hydrogens (tertiary/aromatic N) is 2. The highest BCUT2D eigenvalue weighted by Crippen LogP contribution is 2.34. The number of amides is 1. The van der Waals surface area contributed by atoms with Crippen LogP contribution in [0.15, 0.2) is 16.6 Å². The molecule has 0 saturated carbocycles. The molecule has 0 radical (unpaired) electrons. The van der Waals surface area contributed by atoms with Gasteiger partial charge in [-0.3, -0.25) is 4.79 Å². The summed E-state index contributed by atoms with van der Waals surface area (Å²) in [6.07, 6.45) is 0.729. The number of hydrogen-bond donors (Lipinski definition) is 0. The van der Waals surface area contributed by atoms with Gasteiger partial charge in [-0.15, -0.1) is 0 Å². The molecule has 0 bridgehead atoms. The first-order chi connectivity index (χ1) is 10.0. The van der Waals surface area contributed by atoms with Crippen LogP contribution in [0.4, 0.5) is 4.39 Å². The number of hydrogen-bond acceptors (Lipinski definition) is 2. The van der Waals surface area contributed by atoms with E-state index in [1.54, 1.807) is 11.0 Å². The summed E-state index contributed by atoms with van der Waals surface area (Å²) in [5, 5.41) is 0.878. The van der Waals surface area contributed by atoms with E-state index in [9.17, 15) is 9.18 Å². The molecule has 2 heterocycles. The minimum atomic E-state index is -0.251. The van der Waals surface area contributed by atoms with Crippen molar-refractivity contribution in [3.63, 3.8) is 0 Å². The smallest absolute Gasteiger partial charge is 0.248 e. The van der Waals surface area contributed by atoms with Crippen molar-refractivity contribution in [1.82, 2.24) is 9.47 Å². The molecule has 1 amide bonds. The molecule has 3 rings (SSSR count). The van der Waals surface area contributed by atoms with Crippen LogP contribution in [-0.2, 0) is 29.5 Å². The van der Waals surface area contributed by atoms with Crippen molar-refractivity contribution in [1.29, 1.82) is 0 Å². The average molecular weight is 355 g/mol. The zero-order chi connectivity index (χ0) is 15.1. The molecule has 0 unspecified atom stereocenters. The Labute approximate surface area is 130 Å². The highest BCUT2D eigenvalue weighted by atomic mass is 79.9. The summed E-state index contributed by atoms with van der Waals surface area (Å²) in [5.74, 6) is -0.281. The molecule has 112 valence electrons. The molecule has 21 heavy (non-hydrogen) atoms.